The largest absolute Gasteiger partial charge is 0.287 e. The van der Waals surface area contributed by atoms with Gasteiger partial charge in [0.2, 0.25) is 0 Å². The maximum Gasteiger partial charge on any atom is 0.287 e. The molecule has 0 aromatic heterocycles. The van der Waals surface area contributed by atoms with E-state index in [1.165, 1.54) is 17.8 Å². The Kier molecular flexibility index (Phi) is 4.42. The van der Waals surface area contributed by atoms with Gasteiger partial charge in [0.25, 0.3) is 5.69 Å². The van der Waals surface area contributed by atoms with Crippen molar-refractivity contribution < 1.29 is 4.92 Å². The number of benzene rings is 2. The normalized spacial score (nSPS) is 10.1. The number of hydrogen-bond donors (Lipinski definition) is 0. The lowest BCUT2D eigenvalue weighted by molar-refractivity contribution is -0.385. The molecule has 2 rings (SSSR count). The van der Waals surface area contributed by atoms with E-state index in [2.05, 4.69) is 15.9 Å². The van der Waals surface area contributed by atoms with Gasteiger partial charge in [0.15, 0.2) is 0 Å². The fourth-order valence-corrected chi connectivity index (χ4v) is 2.85. The van der Waals surface area contributed by atoms with Crippen molar-refractivity contribution in [3.8, 4) is 6.07 Å². The molecule has 0 saturated heterocycles. The second-order valence-corrected chi connectivity index (χ2v) is 6.06. The van der Waals surface area contributed by atoms with E-state index in [1.807, 2.05) is 31.2 Å². The third-order valence-electron chi connectivity index (χ3n) is 2.65. The van der Waals surface area contributed by atoms with Gasteiger partial charge in [0.1, 0.15) is 11.6 Å². The molecule has 0 amide bonds. The van der Waals surface area contributed by atoms with Crippen LogP contribution in [0.5, 0.6) is 0 Å². The highest BCUT2D eigenvalue weighted by molar-refractivity contribution is 9.10. The molecule has 4 nitrogen and oxygen atoms in total. The summed E-state index contributed by atoms with van der Waals surface area (Å²) in [4.78, 5) is 12.0. The zero-order valence-corrected chi connectivity index (χ0v) is 12.9. The number of hydrogen-bond acceptors (Lipinski definition) is 4. The summed E-state index contributed by atoms with van der Waals surface area (Å²) in [5.41, 5.74) is 1.02. The summed E-state index contributed by atoms with van der Waals surface area (Å²) >= 11 is 4.90. The number of nitriles is 1. The number of nitrogens with zero attached hydrogens (tertiary/aromatic N) is 2. The number of nitro groups is 1. The Balaban J connectivity index is 2.32. The lowest BCUT2D eigenvalue weighted by Crippen LogP contribution is -1.92. The predicted octanol–water partition coefficient (Wildman–Crippen LogP) is 4.69. The first-order chi connectivity index (χ1) is 9.51. The van der Waals surface area contributed by atoms with Gasteiger partial charge in [-0.15, -0.1) is 0 Å². The third-order valence-corrected chi connectivity index (χ3v) is 4.52. The number of rotatable bonds is 3. The molecular formula is C14H9BrN2O2S. The minimum atomic E-state index is -0.545. The van der Waals surface area contributed by atoms with Gasteiger partial charge in [0, 0.05) is 20.3 Å². The van der Waals surface area contributed by atoms with Crippen LogP contribution >= 0.6 is 27.7 Å². The van der Waals surface area contributed by atoms with E-state index in [0.717, 1.165) is 19.8 Å². The molecule has 0 radical (unpaired) electrons. The quantitative estimate of drug-likeness (QED) is 0.596. The average Bonchev–Trinajstić information content (AvgIpc) is 2.42. The van der Waals surface area contributed by atoms with Crippen molar-refractivity contribution in [2.75, 3.05) is 0 Å². The first kappa shape index (κ1) is 14.6. The van der Waals surface area contributed by atoms with Crippen LogP contribution < -0.4 is 0 Å². The van der Waals surface area contributed by atoms with E-state index in [1.54, 1.807) is 12.1 Å². The second kappa shape index (κ2) is 6.07. The molecule has 0 saturated carbocycles. The lowest BCUT2D eigenvalue weighted by Gasteiger charge is -2.05. The number of nitro benzene ring substituents is 1. The molecule has 6 heteroatoms. The molecule has 2 aromatic rings. The summed E-state index contributed by atoms with van der Waals surface area (Å²) < 4.78 is 1.03. The number of halogens is 1. The predicted molar refractivity (Wildman–Crippen MR) is 80.8 cm³/mol. The van der Waals surface area contributed by atoms with Crippen LogP contribution in [0.1, 0.15) is 11.1 Å². The molecule has 0 unspecified atom stereocenters. The van der Waals surface area contributed by atoms with Gasteiger partial charge in [-0.25, -0.2) is 0 Å². The molecule has 0 aliphatic heterocycles. The fourth-order valence-electron chi connectivity index (χ4n) is 1.64. The van der Waals surface area contributed by atoms with Crippen molar-refractivity contribution in [2.45, 2.75) is 16.7 Å². The molecule has 0 aliphatic rings. The Morgan fingerprint density at radius 1 is 1.25 bits per heavy atom. The van der Waals surface area contributed by atoms with Crippen molar-refractivity contribution in [2.24, 2.45) is 0 Å². The van der Waals surface area contributed by atoms with Crippen LogP contribution in [0.25, 0.3) is 0 Å². The molecular weight excluding hydrogens is 340 g/mol. The van der Waals surface area contributed by atoms with E-state index >= 15 is 0 Å². The SMILES string of the molecule is Cc1cc(Sc2ccc([N+](=O)[O-])c(C#N)c2)ccc1Br. The van der Waals surface area contributed by atoms with E-state index in [0.29, 0.717) is 0 Å². The van der Waals surface area contributed by atoms with Crippen molar-refractivity contribution in [3.63, 3.8) is 0 Å². The first-order valence-electron chi connectivity index (χ1n) is 5.64. The smallest absolute Gasteiger partial charge is 0.258 e. The molecule has 0 aliphatic carbocycles. The van der Waals surface area contributed by atoms with Crippen LogP contribution in [-0.4, -0.2) is 4.92 Å². The van der Waals surface area contributed by atoms with Crippen LogP contribution in [0, 0.1) is 28.4 Å². The van der Waals surface area contributed by atoms with Crippen molar-refractivity contribution in [1.82, 2.24) is 0 Å². The summed E-state index contributed by atoms with van der Waals surface area (Å²) in [7, 11) is 0. The highest BCUT2D eigenvalue weighted by atomic mass is 79.9. The van der Waals surface area contributed by atoms with E-state index in [9.17, 15) is 10.1 Å². The molecule has 20 heavy (non-hydrogen) atoms. The van der Waals surface area contributed by atoms with Gasteiger partial charge < -0.3 is 0 Å². The first-order valence-corrected chi connectivity index (χ1v) is 7.25. The average molecular weight is 349 g/mol. The lowest BCUT2D eigenvalue weighted by atomic mass is 10.2. The van der Waals surface area contributed by atoms with Crippen molar-refractivity contribution >= 4 is 33.4 Å². The van der Waals surface area contributed by atoms with Crippen LogP contribution in [-0.2, 0) is 0 Å². The van der Waals surface area contributed by atoms with Gasteiger partial charge in [-0.05, 0) is 42.8 Å². The second-order valence-electron chi connectivity index (χ2n) is 4.06. The van der Waals surface area contributed by atoms with Crippen LogP contribution in [0.15, 0.2) is 50.7 Å². The third kappa shape index (κ3) is 3.18. The molecule has 0 fully saturated rings. The van der Waals surface area contributed by atoms with Crippen LogP contribution in [0.4, 0.5) is 5.69 Å². The molecule has 0 bridgehead atoms. The molecule has 0 N–H and O–H groups in total. The Labute approximate surface area is 128 Å². The molecule has 0 heterocycles. The molecule has 2 aromatic carbocycles. The van der Waals surface area contributed by atoms with Crippen molar-refractivity contribution in [1.29, 1.82) is 5.26 Å². The number of aryl methyl sites for hydroxylation is 1. The van der Waals surface area contributed by atoms with Crippen molar-refractivity contribution in [3.05, 3.63) is 62.1 Å². The van der Waals surface area contributed by atoms with Gasteiger partial charge >= 0.3 is 0 Å². The molecule has 100 valence electrons. The Morgan fingerprint density at radius 2 is 1.90 bits per heavy atom. The van der Waals surface area contributed by atoms with Gasteiger partial charge in [-0.1, -0.05) is 27.7 Å². The summed E-state index contributed by atoms with van der Waals surface area (Å²) in [6.07, 6.45) is 0. The monoisotopic (exact) mass is 348 g/mol. The summed E-state index contributed by atoms with van der Waals surface area (Å²) in [6.45, 7) is 1.99. The maximum atomic E-state index is 10.8. The van der Waals surface area contributed by atoms with Gasteiger partial charge in [-0.2, -0.15) is 5.26 Å². The zero-order chi connectivity index (χ0) is 14.7. The van der Waals surface area contributed by atoms with E-state index in [4.69, 9.17) is 5.26 Å². The zero-order valence-electron chi connectivity index (χ0n) is 10.5. The minimum absolute atomic E-state index is 0.0776. The summed E-state index contributed by atoms with van der Waals surface area (Å²) in [5.74, 6) is 0. The van der Waals surface area contributed by atoms with E-state index < -0.39 is 4.92 Å². The molecule has 0 atom stereocenters. The fraction of sp³-hybridized carbons (Fsp3) is 0.0714. The van der Waals surface area contributed by atoms with Crippen LogP contribution in [0.3, 0.4) is 0 Å². The highest BCUT2D eigenvalue weighted by Gasteiger charge is 2.14. The topological polar surface area (TPSA) is 66.9 Å². The van der Waals surface area contributed by atoms with Gasteiger partial charge in [0.05, 0.1) is 4.92 Å². The Morgan fingerprint density at radius 3 is 2.50 bits per heavy atom. The summed E-state index contributed by atoms with van der Waals surface area (Å²) in [6, 6.07) is 12.3. The Hall–Kier alpha value is -1.84. The van der Waals surface area contributed by atoms with Gasteiger partial charge in [-0.3, -0.25) is 10.1 Å². The minimum Gasteiger partial charge on any atom is -0.258 e. The van der Waals surface area contributed by atoms with E-state index in [-0.39, 0.29) is 11.3 Å². The summed E-state index contributed by atoms with van der Waals surface area (Å²) in [5, 5.41) is 19.7. The van der Waals surface area contributed by atoms with Crippen LogP contribution in [0.2, 0.25) is 0 Å². The molecule has 0 spiro atoms. The standard InChI is InChI=1S/C14H9BrN2O2S/c1-9-6-11(2-4-13(9)15)20-12-3-5-14(17(18)19)10(7-12)8-16/h2-7H,1H3. The highest BCUT2D eigenvalue weighted by Crippen LogP contribution is 2.32. The Bertz CT molecular complexity index is 726. The maximum absolute atomic E-state index is 10.8.